The Balaban J connectivity index is 2.34. The van der Waals surface area contributed by atoms with E-state index in [-0.39, 0.29) is 23.9 Å². The van der Waals surface area contributed by atoms with Crippen LogP contribution in [0.25, 0.3) is 0 Å². The quantitative estimate of drug-likeness (QED) is 0.413. The van der Waals surface area contributed by atoms with Gasteiger partial charge >= 0.3 is 0 Å². The molecule has 0 aliphatic heterocycles. The highest BCUT2D eigenvalue weighted by Gasteiger charge is 2.13. The van der Waals surface area contributed by atoms with Gasteiger partial charge in [-0.2, -0.15) is 0 Å². The molecule has 7 nitrogen and oxygen atoms in total. The summed E-state index contributed by atoms with van der Waals surface area (Å²) in [7, 11) is 0. The van der Waals surface area contributed by atoms with Crippen molar-refractivity contribution in [1.29, 1.82) is 0 Å². The highest BCUT2D eigenvalue weighted by Crippen LogP contribution is 1.98. The van der Waals surface area contributed by atoms with Crippen molar-refractivity contribution < 1.29 is 9.59 Å². The zero-order chi connectivity index (χ0) is 19.4. The molecule has 1 aromatic carbocycles. The Morgan fingerprint density at radius 1 is 1.00 bits per heavy atom. The first kappa shape index (κ1) is 21.5. The van der Waals surface area contributed by atoms with Crippen LogP contribution in [0.15, 0.2) is 35.3 Å². The highest BCUT2D eigenvalue weighted by molar-refractivity contribution is 5.85. The van der Waals surface area contributed by atoms with Crippen molar-refractivity contribution in [2.24, 2.45) is 4.99 Å². The summed E-state index contributed by atoms with van der Waals surface area (Å²) in [4.78, 5) is 28.0. The predicted octanol–water partition coefficient (Wildman–Crippen LogP) is 1.16. The smallest absolute Gasteiger partial charge is 0.242 e. The zero-order valence-electron chi connectivity index (χ0n) is 16.2. The molecule has 0 aromatic heterocycles. The Hall–Kier alpha value is -2.57. The van der Waals surface area contributed by atoms with Gasteiger partial charge in [-0.25, -0.2) is 4.99 Å². The summed E-state index contributed by atoms with van der Waals surface area (Å²) < 4.78 is 0. The normalized spacial score (nSPS) is 11.6. The molecular formula is C19H31N5O2. The lowest BCUT2D eigenvalue weighted by molar-refractivity contribution is -0.122. The van der Waals surface area contributed by atoms with Crippen molar-refractivity contribution in [3.8, 4) is 0 Å². The molecule has 0 atom stereocenters. The molecule has 0 heterocycles. The Morgan fingerprint density at radius 2 is 1.69 bits per heavy atom. The predicted molar refractivity (Wildman–Crippen MR) is 105 cm³/mol. The third-order valence-corrected chi connectivity index (χ3v) is 3.22. The van der Waals surface area contributed by atoms with E-state index in [1.165, 1.54) is 0 Å². The van der Waals surface area contributed by atoms with Gasteiger partial charge in [0.15, 0.2) is 5.96 Å². The number of carbonyl (C=O) groups excluding carboxylic acids is 2. The van der Waals surface area contributed by atoms with Gasteiger partial charge < -0.3 is 21.3 Å². The molecule has 0 bridgehead atoms. The molecule has 2 amide bonds. The molecule has 4 N–H and O–H groups in total. The molecule has 0 spiro atoms. The van der Waals surface area contributed by atoms with E-state index < -0.39 is 0 Å². The van der Waals surface area contributed by atoms with Crippen molar-refractivity contribution in [2.75, 3.05) is 19.6 Å². The lowest BCUT2D eigenvalue weighted by Gasteiger charge is -2.20. The van der Waals surface area contributed by atoms with E-state index >= 15 is 0 Å². The van der Waals surface area contributed by atoms with Crippen LogP contribution in [-0.2, 0) is 16.1 Å². The van der Waals surface area contributed by atoms with Crippen LogP contribution in [0.3, 0.4) is 0 Å². The van der Waals surface area contributed by atoms with E-state index in [4.69, 9.17) is 0 Å². The third-order valence-electron chi connectivity index (χ3n) is 3.22. The van der Waals surface area contributed by atoms with E-state index in [0.717, 1.165) is 5.56 Å². The maximum atomic E-state index is 11.9. The Labute approximate surface area is 156 Å². The summed E-state index contributed by atoms with van der Waals surface area (Å²) in [6, 6.07) is 9.77. The SMILES string of the molecule is CCNC(=NCC(=O)NC(C)(C)C)NCCC(=O)NCc1ccccc1. The molecule has 0 aliphatic carbocycles. The van der Waals surface area contributed by atoms with Crippen LogP contribution in [0.4, 0.5) is 0 Å². The zero-order valence-corrected chi connectivity index (χ0v) is 16.2. The van der Waals surface area contributed by atoms with Crippen LogP contribution in [0.2, 0.25) is 0 Å². The molecule has 144 valence electrons. The summed E-state index contributed by atoms with van der Waals surface area (Å²) in [5, 5.41) is 11.9. The Morgan fingerprint density at radius 3 is 2.31 bits per heavy atom. The molecule has 0 saturated carbocycles. The van der Waals surface area contributed by atoms with Crippen LogP contribution in [0.5, 0.6) is 0 Å². The second kappa shape index (κ2) is 11.1. The number of nitrogens with one attached hydrogen (secondary N) is 4. The largest absolute Gasteiger partial charge is 0.357 e. The Bertz CT molecular complexity index is 594. The lowest BCUT2D eigenvalue weighted by atomic mass is 10.1. The molecule has 0 fully saturated rings. The van der Waals surface area contributed by atoms with E-state index in [1.54, 1.807) is 0 Å². The maximum Gasteiger partial charge on any atom is 0.242 e. The minimum atomic E-state index is -0.283. The van der Waals surface area contributed by atoms with Crippen LogP contribution in [0, 0.1) is 0 Å². The number of aliphatic imine (C=N–C) groups is 1. The maximum absolute atomic E-state index is 11.9. The van der Waals surface area contributed by atoms with E-state index in [1.807, 2.05) is 58.0 Å². The molecule has 26 heavy (non-hydrogen) atoms. The van der Waals surface area contributed by atoms with E-state index in [0.29, 0.717) is 32.0 Å². The first-order valence-corrected chi connectivity index (χ1v) is 8.94. The molecule has 0 saturated heterocycles. The average molecular weight is 361 g/mol. The summed E-state index contributed by atoms with van der Waals surface area (Å²) in [5.41, 5.74) is 0.781. The van der Waals surface area contributed by atoms with Crippen molar-refractivity contribution in [2.45, 2.75) is 46.2 Å². The van der Waals surface area contributed by atoms with Crippen molar-refractivity contribution >= 4 is 17.8 Å². The van der Waals surface area contributed by atoms with Gasteiger partial charge in [0.2, 0.25) is 11.8 Å². The van der Waals surface area contributed by atoms with Gasteiger partial charge in [0.05, 0.1) is 0 Å². The Kier molecular flexibility index (Phi) is 9.19. The summed E-state index contributed by atoms with van der Waals surface area (Å²) in [6.45, 7) is 9.37. The van der Waals surface area contributed by atoms with Crippen molar-refractivity contribution in [3.63, 3.8) is 0 Å². The standard InChI is InChI=1S/C19H31N5O2/c1-5-20-18(23-14-17(26)24-19(2,3)4)21-12-11-16(25)22-13-15-9-7-6-8-10-15/h6-10H,5,11-14H2,1-4H3,(H,22,25)(H,24,26)(H2,20,21,23). The number of hydrogen-bond acceptors (Lipinski definition) is 3. The molecule has 0 aliphatic rings. The number of benzene rings is 1. The van der Waals surface area contributed by atoms with Gasteiger partial charge in [-0.15, -0.1) is 0 Å². The summed E-state index contributed by atoms with van der Waals surface area (Å²) in [5.74, 6) is 0.338. The number of guanidine groups is 1. The lowest BCUT2D eigenvalue weighted by Crippen LogP contribution is -2.43. The monoisotopic (exact) mass is 361 g/mol. The minimum Gasteiger partial charge on any atom is -0.357 e. The number of amides is 2. The van der Waals surface area contributed by atoms with Crippen LogP contribution >= 0.6 is 0 Å². The first-order chi connectivity index (χ1) is 12.3. The van der Waals surface area contributed by atoms with Crippen LogP contribution < -0.4 is 21.3 Å². The van der Waals surface area contributed by atoms with Gasteiger partial charge in [0.1, 0.15) is 6.54 Å². The number of carbonyl (C=O) groups is 2. The molecule has 7 heteroatoms. The third kappa shape index (κ3) is 10.3. The fourth-order valence-electron chi connectivity index (χ4n) is 2.13. The van der Waals surface area contributed by atoms with Gasteiger partial charge in [0.25, 0.3) is 0 Å². The summed E-state index contributed by atoms with van der Waals surface area (Å²) in [6.07, 6.45) is 0.325. The number of hydrogen-bond donors (Lipinski definition) is 4. The average Bonchev–Trinajstić information content (AvgIpc) is 2.57. The second-order valence-corrected chi connectivity index (χ2v) is 6.93. The molecule has 1 aromatic rings. The number of rotatable bonds is 8. The van der Waals surface area contributed by atoms with Crippen molar-refractivity contribution in [1.82, 2.24) is 21.3 Å². The topological polar surface area (TPSA) is 94.6 Å². The van der Waals surface area contributed by atoms with Crippen LogP contribution in [-0.4, -0.2) is 42.9 Å². The summed E-state index contributed by atoms with van der Waals surface area (Å²) >= 11 is 0. The van der Waals surface area contributed by atoms with Gasteiger partial charge in [-0.3, -0.25) is 9.59 Å². The second-order valence-electron chi connectivity index (χ2n) is 6.93. The minimum absolute atomic E-state index is 0.0345. The first-order valence-electron chi connectivity index (χ1n) is 8.94. The molecule has 0 unspecified atom stereocenters. The molecular weight excluding hydrogens is 330 g/mol. The van der Waals surface area contributed by atoms with E-state index in [2.05, 4.69) is 26.3 Å². The number of nitrogens with zero attached hydrogens (tertiary/aromatic N) is 1. The van der Waals surface area contributed by atoms with Crippen LogP contribution in [0.1, 0.15) is 39.7 Å². The van der Waals surface area contributed by atoms with Gasteiger partial charge in [-0.05, 0) is 33.3 Å². The van der Waals surface area contributed by atoms with E-state index in [9.17, 15) is 9.59 Å². The fourth-order valence-corrected chi connectivity index (χ4v) is 2.13. The molecule has 0 radical (unpaired) electrons. The fraction of sp³-hybridized carbons (Fsp3) is 0.526. The molecule has 1 rings (SSSR count). The van der Waals surface area contributed by atoms with Gasteiger partial charge in [-0.1, -0.05) is 30.3 Å². The highest BCUT2D eigenvalue weighted by atomic mass is 16.2. The van der Waals surface area contributed by atoms with Gasteiger partial charge in [0, 0.05) is 31.6 Å². The van der Waals surface area contributed by atoms with Crippen molar-refractivity contribution in [3.05, 3.63) is 35.9 Å².